The molecular weight excluding hydrogens is 396 g/mol. The maximum atomic E-state index is 11.1. The molecule has 0 saturated carbocycles. The van der Waals surface area contributed by atoms with E-state index in [4.69, 9.17) is 11.6 Å². The second kappa shape index (κ2) is 9.47. The lowest BCUT2D eigenvalue weighted by Gasteiger charge is -2.38. The molecule has 30 heavy (non-hydrogen) atoms. The van der Waals surface area contributed by atoms with Gasteiger partial charge in [0, 0.05) is 48.2 Å². The molecule has 154 valence electrons. The van der Waals surface area contributed by atoms with Crippen LogP contribution in [0.2, 0.25) is 5.02 Å². The number of pyridine rings is 1. The van der Waals surface area contributed by atoms with E-state index in [0.29, 0.717) is 5.02 Å². The third-order valence-electron chi connectivity index (χ3n) is 5.73. The van der Waals surface area contributed by atoms with Gasteiger partial charge in [-0.1, -0.05) is 35.9 Å². The summed E-state index contributed by atoms with van der Waals surface area (Å²) in [6.45, 7) is 2.68. The minimum atomic E-state index is -0.763. The van der Waals surface area contributed by atoms with Gasteiger partial charge in [-0.15, -0.1) is 0 Å². The highest BCUT2D eigenvalue weighted by molar-refractivity contribution is 6.30. The highest BCUT2D eigenvalue weighted by Gasteiger charge is 2.33. The molecule has 3 heterocycles. The maximum Gasteiger partial charge on any atom is 0.0920 e. The van der Waals surface area contributed by atoms with Crippen LogP contribution in [0.15, 0.2) is 73.3 Å². The molecule has 1 fully saturated rings. The van der Waals surface area contributed by atoms with Crippen molar-refractivity contribution in [3.63, 3.8) is 0 Å². The molecule has 4 rings (SSSR count). The Balaban J connectivity index is 1.39. The van der Waals surface area contributed by atoms with Crippen LogP contribution < -0.4 is 0 Å². The van der Waals surface area contributed by atoms with E-state index in [1.807, 2.05) is 42.6 Å². The topological polar surface area (TPSA) is 62.1 Å². The molecule has 1 saturated heterocycles. The Kier molecular flexibility index (Phi) is 6.53. The smallest absolute Gasteiger partial charge is 0.0920 e. The van der Waals surface area contributed by atoms with Crippen LogP contribution in [0, 0.1) is 0 Å². The molecule has 0 radical (unpaired) electrons. The molecule has 3 aromatic rings. The highest BCUT2D eigenvalue weighted by atomic mass is 35.5. The molecule has 5 nitrogen and oxygen atoms in total. The molecule has 2 aromatic heterocycles. The summed E-state index contributed by atoms with van der Waals surface area (Å²) in [5, 5.41) is 19.7. The van der Waals surface area contributed by atoms with Crippen LogP contribution in [0.1, 0.15) is 36.0 Å². The summed E-state index contributed by atoms with van der Waals surface area (Å²) >= 11 is 5.98. The number of hydrogen-bond acceptors (Lipinski definition) is 5. The molecule has 0 amide bonds. The van der Waals surface area contributed by atoms with Gasteiger partial charge in [-0.3, -0.25) is 4.98 Å². The van der Waals surface area contributed by atoms with E-state index >= 15 is 0 Å². The van der Waals surface area contributed by atoms with Crippen molar-refractivity contribution < 1.29 is 5.11 Å². The first-order chi connectivity index (χ1) is 14.6. The first kappa shape index (κ1) is 20.7. The minimum absolute atomic E-state index is 0.695. The number of halogens is 1. The zero-order chi connectivity index (χ0) is 20.8. The van der Waals surface area contributed by atoms with E-state index in [9.17, 15) is 5.11 Å². The lowest BCUT2D eigenvalue weighted by Crippen LogP contribution is -2.42. The fourth-order valence-corrected chi connectivity index (χ4v) is 4.09. The molecule has 0 bridgehead atoms. The van der Waals surface area contributed by atoms with Crippen molar-refractivity contribution in [1.29, 1.82) is 0 Å². The number of piperidine rings is 1. The Bertz CT molecular complexity index is 928. The Morgan fingerprint density at radius 1 is 1.00 bits per heavy atom. The van der Waals surface area contributed by atoms with Crippen molar-refractivity contribution in [3.05, 3.63) is 95.0 Å². The first-order valence-electron chi connectivity index (χ1n) is 10.2. The summed E-state index contributed by atoms with van der Waals surface area (Å²) in [4.78, 5) is 6.67. The van der Waals surface area contributed by atoms with Gasteiger partial charge in [-0.2, -0.15) is 10.2 Å². The van der Waals surface area contributed by atoms with Crippen LogP contribution in [0.25, 0.3) is 5.57 Å². The van der Waals surface area contributed by atoms with Crippen LogP contribution in [0.4, 0.5) is 0 Å². The summed E-state index contributed by atoms with van der Waals surface area (Å²) < 4.78 is 0. The average molecular weight is 421 g/mol. The highest BCUT2D eigenvalue weighted by Crippen LogP contribution is 2.33. The van der Waals surface area contributed by atoms with Crippen LogP contribution in [-0.2, 0) is 5.60 Å². The van der Waals surface area contributed by atoms with Gasteiger partial charge in [0.1, 0.15) is 0 Å². The molecule has 1 aromatic carbocycles. The van der Waals surface area contributed by atoms with Crippen LogP contribution in [0.3, 0.4) is 0 Å². The predicted octanol–water partition coefficient (Wildman–Crippen LogP) is 4.33. The van der Waals surface area contributed by atoms with Crippen molar-refractivity contribution in [2.75, 3.05) is 19.6 Å². The zero-order valence-corrected chi connectivity index (χ0v) is 17.5. The van der Waals surface area contributed by atoms with Crippen molar-refractivity contribution >= 4 is 17.2 Å². The Hall–Kier alpha value is -2.60. The fourth-order valence-electron chi connectivity index (χ4n) is 3.96. The fraction of sp³-hybridized carbons (Fsp3) is 0.292. The maximum absolute atomic E-state index is 11.1. The van der Waals surface area contributed by atoms with Gasteiger partial charge in [0.05, 0.1) is 18.0 Å². The SMILES string of the molecule is OC1(c2ccc(Cl)cc2)CCN(CC/C=C(\c2cccnc2)c2ccnnc2)CC1. The van der Waals surface area contributed by atoms with Gasteiger partial charge in [0.15, 0.2) is 0 Å². The summed E-state index contributed by atoms with van der Waals surface area (Å²) in [5.74, 6) is 0. The molecule has 0 spiro atoms. The number of benzene rings is 1. The van der Waals surface area contributed by atoms with E-state index in [1.54, 1.807) is 18.6 Å². The van der Waals surface area contributed by atoms with Crippen molar-refractivity contribution in [2.45, 2.75) is 24.9 Å². The molecule has 1 aliphatic heterocycles. The monoisotopic (exact) mass is 420 g/mol. The van der Waals surface area contributed by atoms with Crippen LogP contribution >= 0.6 is 11.6 Å². The van der Waals surface area contributed by atoms with Gasteiger partial charge in [-0.25, -0.2) is 0 Å². The molecule has 1 aliphatic rings. The zero-order valence-electron chi connectivity index (χ0n) is 16.8. The molecule has 0 atom stereocenters. The predicted molar refractivity (Wildman–Crippen MR) is 119 cm³/mol. The summed E-state index contributed by atoms with van der Waals surface area (Å²) in [7, 11) is 0. The third-order valence-corrected chi connectivity index (χ3v) is 5.98. The standard InChI is InChI=1S/C24H25ClN4O/c25-22-7-5-21(6-8-22)24(30)10-15-29(16-11-24)14-2-4-23(19-3-1-12-26-17-19)20-9-13-27-28-18-20/h1,3-9,12-13,17-18,30H,2,10-11,14-16H2/b23-4+. The number of aromatic nitrogens is 3. The van der Waals surface area contributed by atoms with Crippen molar-refractivity contribution in [3.8, 4) is 0 Å². The second-order valence-corrected chi connectivity index (χ2v) is 8.10. The molecule has 1 N–H and O–H groups in total. The average Bonchev–Trinajstić information content (AvgIpc) is 2.79. The Labute approximate surface area is 182 Å². The van der Waals surface area contributed by atoms with Crippen molar-refractivity contribution in [2.24, 2.45) is 0 Å². The Morgan fingerprint density at radius 2 is 1.77 bits per heavy atom. The number of hydrogen-bond donors (Lipinski definition) is 1. The van der Waals surface area contributed by atoms with Gasteiger partial charge < -0.3 is 10.0 Å². The summed E-state index contributed by atoms with van der Waals surface area (Å²) in [6, 6.07) is 13.5. The van der Waals surface area contributed by atoms with E-state index in [2.05, 4.69) is 32.2 Å². The molecule has 6 heteroatoms. The van der Waals surface area contributed by atoms with Gasteiger partial charge in [0.25, 0.3) is 0 Å². The minimum Gasteiger partial charge on any atom is -0.385 e. The van der Waals surface area contributed by atoms with E-state index in [1.165, 1.54) is 0 Å². The lowest BCUT2D eigenvalue weighted by molar-refractivity contribution is -0.0254. The van der Waals surface area contributed by atoms with Crippen molar-refractivity contribution in [1.82, 2.24) is 20.1 Å². The Morgan fingerprint density at radius 3 is 2.43 bits per heavy atom. The van der Waals surface area contributed by atoms with E-state index in [0.717, 1.165) is 61.2 Å². The van der Waals surface area contributed by atoms with Gasteiger partial charge in [0.2, 0.25) is 0 Å². The van der Waals surface area contributed by atoms with Gasteiger partial charge in [-0.05, 0) is 54.7 Å². The normalized spacial score (nSPS) is 17.1. The number of rotatable bonds is 6. The quantitative estimate of drug-likeness (QED) is 0.643. The molecule has 0 aliphatic carbocycles. The first-order valence-corrected chi connectivity index (χ1v) is 10.6. The number of aliphatic hydroxyl groups is 1. The molecule has 0 unspecified atom stereocenters. The van der Waals surface area contributed by atoms with E-state index < -0.39 is 5.60 Å². The van der Waals surface area contributed by atoms with E-state index in [-0.39, 0.29) is 0 Å². The number of likely N-dealkylation sites (tertiary alicyclic amines) is 1. The lowest BCUT2D eigenvalue weighted by atomic mass is 9.84. The van der Waals surface area contributed by atoms with Crippen LogP contribution in [0.5, 0.6) is 0 Å². The summed E-state index contributed by atoms with van der Waals surface area (Å²) in [6.07, 6.45) is 11.7. The van der Waals surface area contributed by atoms with Gasteiger partial charge >= 0.3 is 0 Å². The second-order valence-electron chi connectivity index (χ2n) is 7.66. The largest absolute Gasteiger partial charge is 0.385 e. The van der Waals surface area contributed by atoms with Crippen LogP contribution in [-0.4, -0.2) is 44.8 Å². The summed E-state index contributed by atoms with van der Waals surface area (Å²) in [5.41, 5.74) is 3.42. The third kappa shape index (κ3) is 4.93. The molecular formula is C24H25ClN4O. The number of nitrogens with zero attached hydrogens (tertiary/aromatic N) is 4.